The van der Waals surface area contributed by atoms with Gasteiger partial charge in [-0.25, -0.2) is 0 Å². The maximum absolute atomic E-state index is 6.10. The van der Waals surface area contributed by atoms with E-state index in [-0.39, 0.29) is 0 Å². The van der Waals surface area contributed by atoms with E-state index >= 15 is 0 Å². The van der Waals surface area contributed by atoms with Gasteiger partial charge in [0.15, 0.2) is 11.5 Å². The predicted octanol–water partition coefficient (Wildman–Crippen LogP) is 4.31. The van der Waals surface area contributed by atoms with Crippen molar-refractivity contribution in [2.75, 3.05) is 7.11 Å². The van der Waals surface area contributed by atoms with Crippen LogP contribution in [0, 0.1) is 0 Å². The van der Waals surface area contributed by atoms with E-state index in [9.17, 15) is 0 Å². The van der Waals surface area contributed by atoms with Crippen LogP contribution in [0.1, 0.15) is 36.8 Å². The third kappa shape index (κ3) is 4.26. The number of nitrogens with one attached hydrogen (secondary N) is 1. The third-order valence-corrected chi connectivity index (χ3v) is 4.44. The lowest BCUT2D eigenvalue weighted by Gasteiger charge is -2.17. The van der Waals surface area contributed by atoms with Gasteiger partial charge in [-0.15, -0.1) is 0 Å². The summed E-state index contributed by atoms with van der Waals surface area (Å²) in [5.41, 5.74) is 2.32. The maximum Gasteiger partial charge on any atom is 0.166 e. The summed E-state index contributed by atoms with van der Waals surface area (Å²) in [7, 11) is 1.69. The van der Waals surface area contributed by atoms with Gasteiger partial charge in [-0.05, 0) is 24.5 Å². The molecule has 0 saturated heterocycles. The van der Waals surface area contributed by atoms with Gasteiger partial charge in [0.25, 0.3) is 0 Å². The lowest BCUT2D eigenvalue weighted by Crippen LogP contribution is -2.25. The van der Waals surface area contributed by atoms with E-state index in [1.54, 1.807) is 7.11 Å². The molecule has 1 aliphatic rings. The highest BCUT2D eigenvalue weighted by molar-refractivity contribution is 5.46. The molecule has 23 heavy (non-hydrogen) atoms. The fraction of sp³-hybridized carbons (Fsp3) is 0.400. The molecule has 1 aliphatic carbocycles. The second kappa shape index (κ2) is 8.02. The Labute approximate surface area is 138 Å². The molecule has 0 spiro atoms. The van der Waals surface area contributed by atoms with Crippen LogP contribution in [0.15, 0.2) is 48.5 Å². The Morgan fingerprint density at radius 3 is 2.52 bits per heavy atom. The van der Waals surface area contributed by atoms with Crippen LogP contribution in [0.4, 0.5) is 0 Å². The molecule has 1 N–H and O–H groups in total. The van der Waals surface area contributed by atoms with Crippen molar-refractivity contribution in [2.45, 2.75) is 44.9 Å². The average Bonchev–Trinajstić information content (AvgIpc) is 3.12. The Morgan fingerprint density at radius 2 is 1.78 bits per heavy atom. The Hall–Kier alpha value is -2.00. The molecule has 122 valence electrons. The summed E-state index contributed by atoms with van der Waals surface area (Å²) in [6.45, 7) is 1.38. The van der Waals surface area contributed by atoms with Crippen LogP contribution < -0.4 is 14.8 Å². The van der Waals surface area contributed by atoms with Crippen LogP contribution in [-0.2, 0) is 13.2 Å². The van der Waals surface area contributed by atoms with Gasteiger partial charge in [-0.2, -0.15) is 0 Å². The summed E-state index contributed by atoms with van der Waals surface area (Å²) in [5, 5.41) is 3.65. The fourth-order valence-electron chi connectivity index (χ4n) is 3.14. The van der Waals surface area contributed by atoms with Gasteiger partial charge in [-0.3, -0.25) is 0 Å². The highest BCUT2D eigenvalue weighted by atomic mass is 16.5. The van der Waals surface area contributed by atoms with Gasteiger partial charge < -0.3 is 14.8 Å². The van der Waals surface area contributed by atoms with Gasteiger partial charge in [0, 0.05) is 18.2 Å². The van der Waals surface area contributed by atoms with E-state index < -0.39 is 0 Å². The standard InChI is InChI=1S/C20H25NO2/c1-22-19-13-7-10-17(14-21-18-11-5-6-12-18)20(19)23-15-16-8-3-2-4-9-16/h2-4,7-10,13,18,21H,5-6,11-12,14-15H2,1H3. The van der Waals surface area contributed by atoms with Crippen molar-refractivity contribution in [3.8, 4) is 11.5 Å². The molecule has 0 bridgehead atoms. The molecule has 3 nitrogen and oxygen atoms in total. The number of benzene rings is 2. The first-order valence-corrected chi connectivity index (χ1v) is 8.43. The number of para-hydroxylation sites is 1. The summed E-state index contributed by atoms with van der Waals surface area (Å²) in [6, 6.07) is 17.0. The molecule has 0 unspecified atom stereocenters. The van der Waals surface area contributed by atoms with Crippen molar-refractivity contribution >= 4 is 0 Å². The fourth-order valence-corrected chi connectivity index (χ4v) is 3.14. The van der Waals surface area contributed by atoms with E-state index in [1.807, 2.05) is 30.3 Å². The summed E-state index contributed by atoms with van der Waals surface area (Å²) in [4.78, 5) is 0. The van der Waals surface area contributed by atoms with E-state index in [2.05, 4.69) is 23.5 Å². The molecule has 1 fully saturated rings. The second-order valence-electron chi connectivity index (χ2n) is 6.09. The minimum Gasteiger partial charge on any atom is -0.493 e. The van der Waals surface area contributed by atoms with Crippen LogP contribution in [0.3, 0.4) is 0 Å². The van der Waals surface area contributed by atoms with Crippen LogP contribution >= 0.6 is 0 Å². The summed E-state index contributed by atoms with van der Waals surface area (Å²) in [5.74, 6) is 1.65. The number of ether oxygens (including phenoxy) is 2. The molecule has 0 amide bonds. The van der Waals surface area contributed by atoms with Crippen molar-refractivity contribution in [1.82, 2.24) is 5.32 Å². The van der Waals surface area contributed by atoms with E-state index in [1.165, 1.54) is 25.7 Å². The Bertz CT molecular complexity index is 606. The Kier molecular flexibility index (Phi) is 5.54. The molecule has 2 aromatic rings. The normalized spacial score (nSPS) is 14.8. The lowest BCUT2D eigenvalue weighted by atomic mass is 10.1. The van der Waals surface area contributed by atoms with Crippen LogP contribution in [-0.4, -0.2) is 13.2 Å². The zero-order valence-corrected chi connectivity index (χ0v) is 13.8. The zero-order valence-electron chi connectivity index (χ0n) is 13.8. The smallest absolute Gasteiger partial charge is 0.166 e. The minimum absolute atomic E-state index is 0.553. The number of methoxy groups -OCH3 is 1. The molecule has 3 rings (SSSR count). The third-order valence-electron chi connectivity index (χ3n) is 4.44. The topological polar surface area (TPSA) is 30.5 Å². The van der Waals surface area contributed by atoms with Gasteiger partial charge in [0.05, 0.1) is 7.11 Å². The number of rotatable bonds is 7. The first kappa shape index (κ1) is 15.9. The molecule has 1 saturated carbocycles. The van der Waals surface area contributed by atoms with Crippen LogP contribution in [0.25, 0.3) is 0 Å². The quantitative estimate of drug-likeness (QED) is 0.826. The molecule has 0 atom stereocenters. The van der Waals surface area contributed by atoms with E-state index in [0.29, 0.717) is 12.6 Å². The van der Waals surface area contributed by atoms with Crippen molar-refractivity contribution in [1.29, 1.82) is 0 Å². The molecule has 0 aromatic heterocycles. The summed E-state index contributed by atoms with van der Waals surface area (Å²) >= 11 is 0. The van der Waals surface area contributed by atoms with E-state index in [0.717, 1.165) is 29.2 Å². The maximum atomic E-state index is 6.10. The van der Waals surface area contributed by atoms with Crippen molar-refractivity contribution in [3.63, 3.8) is 0 Å². The number of hydrogen-bond acceptors (Lipinski definition) is 3. The largest absolute Gasteiger partial charge is 0.493 e. The van der Waals surface area contributed by atoms with Crippen molar-refractivity contribution in [3.05, 3.63) is 59.7 Å². The molecule has 2 aromatic carbocycles. The highest BCUT2D eigenvalue weighted by Gasteiger charge is 2.16. The molecule has 0 radical (unpaired) electrons. The van der Waals surface area contributed by atoms with Gasteiger partial charge in [0.2, 0.25) is 0 Å². The molecule has 3 heteroatoms. The summed E-state index contributed by atoms with van der Waals surface area (Å²) in [6.07, 6.45) is 5.24. The summed E-state index contributed by atoms with van der Waals surface area (Å²) < 4.78 is 11.6. The number of hydrogen-bond donors (Lipinski definition) is 1. The van der Waals surface area contributed by atoms with Crippen LogP contribution in [0.5, 0.6) is 11.5 Å². The second-order valence-corrected chi connectivity index (χ2v) is 6.09. The molecule has 0 heterocycles. The van der Waals surface area contributed by atoms with Gasteiger partial charge in [0.1, 0.15) is 6.61 Å². The van der Waals surface area contributed by atoms with Gasteiger partial charge in [-0.1, -0.05) is 55.3 Å². The zero-order chi connectivity index (χ0) is 15.9. The van der Waals surface area contributed by atoms with Crippen molar-refractivity contribution < 1.29 is 9.47 Å². The molecule has 0 aliphatic heterocycles. The SMILES string of the molecule is COc1cccc(CNC2CCCC2)c1OCc1ccccc1. The minimum atomic E-state index is 0.553. The van der Waals surface area contributed by atoms with Gasteiger partial charge >= 0.3 is 0 Å². The molecular weight excluding hydrogens is 286 g/mol. The van der Waals surface area contributed by atoms with Crippen LogP contribution in [0.2, 0.25) is 0 Å². The van der Waals surface area contributed by atoms with E-state index in [4.69, 9.17) is 9.47 Å². The highest BCUT2D eigenvalue weighted by Crippen LogP contribution is 2.32. The molecular formula is C20H25NO2. The van der Waals surface area contributed by atoms with Crippen molar-refractivity contribution in [2.24, 2.45) is 0 Å². The lowest BCUT2D eigenvalue weighted by molar-refractivity contribution is 0.280. The predicted molar refractivity (Wildman–Crippen MR) is 92.9 cm³/mol. The first-order valence-electron chi connectivity index (χ1n) is 8.43. The Morgan fingerprint density at radius 1 is 1.00 bits per heavy atom. The first-order chi connectivity index (χ1) is 11.4. The monoisotopic (exact) mass is 311 g/mol. The Balaban J connectivity index is 1.70. The average molecular weight is 311 g/mol.